The highest BCUT2D eigenvalue weighted by atomic mass is 16.6. The minimum Gasteiger partial charge on any atom is -0.458 e. The number of esters is 1. The highest BCUT2D eigenvalue weighted by molar-refractivity contribution is 5.90. The van der Waals surface area contributed by atoms with Gasteiger partial charge in [-0.15, -0.1) is 0 Å². The molecular weight excluding hydrogens is 486 g/mol. The van der Waals surface area contributed by atoms with E-state index in [1.54, 1.807) is 12.1 Å². The average Bonchev–Trinajstić information content (AvgIpc) is 3.26. The Hall–Kier alpha value is -2.17. The predicted molar refractivity (Wildman–Crippen MR) is 155 cm³/mol. The van der Waals surface area contributed by atoms with Crippen LogP contribution in [0.5, 0.6) is 0 Å². The molecule has 5 nitrogen and oxygen atoms in total. The molecule has 3 saturated carbocycles. The molecule has 8 atom stereocenters. The number of carbonyl (C=O) groups is 1. The normalized spacial score (nSPS) is 36.4. The topological polar surface area (TPSA) is 69.4 Å². The smallest absolute Gasteiger partial charge is 0.338 e. The van der Waals surface area contributed by atoms with Crippen molar-refractivity contribution < 1.29 is 14.5 Å². The molecule has 0 bridgehead atoms. The van der Waals surface area contributed by atoms with Crippen LogP contribution >= 0.6 is 0 Å². The summed E-state index contributed by atoms with van der Waals surface area (Å²) in [5.74, 6) is 4.42. The molecule has 0 saturated heterocycles. The Kier molecular flexibility index (Phi) is 8.01. The van der Waals surface area contributed by atoms with E-state index in [-0.39, 0.29) is 22.8 Å². The first-order valence-electron chi connectivity index (χ1n) is 15.7. The van der Waals surface area contributed by atoms with Crippen LogP contribution in [0, 0.1) is 56.5 Å². The van der Waals surface area contributed by atoms with Gasteiger partial charge in [-0.2, -0.15) is 0 Å². The number of rotatable bonds is 8. The van der Waals surface area contributed by atoms with Crippen molar-refractivity contribution in [3.05, 3.63) is 51.6 Å². The molecule has 0 aromatic heterocycles. The highest BCUT2D eigenvalue weighted by Crippen LogP contribution is 2.67. The predicted octanol–water partition coefficient (Wildman–Crippen LogP) is 9.16. The number of ether oxygens (including phenoxy) is 1. The van der Waals surface area contributed by atoms with Gasteiger partial charge in [0.15, 0.2) is 0 Å². The van der Waals surface area contributed by atoms with Gasteiger partial charge in [0.25, 0.3) is 5.69 Å². The van der Waals surface area contributed by atoms with Crippen LogP contribution in [0.1, 0.15) is 116 Å². The number of fused-ring (bicyclic) bond motifs is 5. The summed E-state index contributed by atoms with van der Waals surface area (Å²) >= 11 is 0. The number of nitro groups is 1. The second-order valence-electron chi connectivity index (χ2n) is 14.4. The van der Waals surface area contributed by atoms with E-state index >= 15 is 0 Å². The first-order chi connectivity index (χ1) is 18.5. The second-order valence-corrected chi connectivity index (χ2v) is 14.4. The highest BCUT2D eigenvalue weighted by Gasteiger charge is 2.59. The molecular formula is C34H49NO4. The van der Waals surface area contributed by atoms with E-state index < -0.39 is 10.9 Å². The summed E-state index contributed by atoms with van der Waals surface area (Å²) in [5.41, 5.74) is 2.37. The van der Waals surface area contributed by atoms with E-state index in [2.05, 4.69) is 40.7 Å². The summed E-state index contributed by atoms with van der Waals surface area (Å²) in [6, 6.07) is 5.87. The maximum atomic E-state index is 12.8. The number of benzene rings is 1. The molecule has 0 spiro atoms. The zero-order chi connectivity index (χ0) is 27.9. The molecule has 5 rings (SSSR count). The van der Waals surface area contributed by atoms with Crippen molar-refractivity contribution in [3.8, 4) is 0 Å². The van der Waals surface area contributed by atoms with Gasteiger partial charge in [0.05, 0.1) is 10.5 Å². The van der Waals surface area contributed by atoms with Crippen LogP contribution in [-0.2, 0) is 4.74 Å². The average molecular weight is 536 g/mol. The van der Waals surface area contributed by atoms with Crippen molar-refractivity contribution in [1.82, 2.24) is 0 Å². The van der Waals surface area contributed by atoms with Crippen molar-refractivity contribution in [3.63, 3.8) is 0 Å². The Morgan fingerprint density at radius 1 is 1.08 bits per heavy atom. The lowest BCUT2D eigenvalue weighted by molar-refractivity contribution is -0.384. The Labute approximate surface area is 235 Å². The summed E-state index contributed by atoms with van der Waals surface area (Å²) in [7, 11) is 0. The van der Waals surface area contributed by atoms with E-state index in [9.17, 15) is 14.9 Å². The van der Waals surface area contributed by atoms with Crippen molar-refractivity contribution >= 4 is 11.7 Å². The van der Waals surface area contributed by atoms with Crippen LogP contribution in [0.15, 0.2) is 35.9 Å². The summed E-state index contributed by atoms with van der Waals surface area (Å²) in [5, 5.41) is 11.1. The lowest BCUT2D eigenvalue weighted by Crippen LogP contribution is -2.51. The zero-order valence-electron chi connectivity index (χ0n) is 24.8. The minimum atomic E-state index is -0.471. The number of hydrogen-bond acceptors (Lipinski definition) is 4. The van der Waals surface area contributed by atoms with Gasteiger partial charge in [-0.1, -0.05) is 71.6 Å². The molecule has 0 radical (unpaired) electrons. The summed E-state index contributed by atoms with van der Waals surface area (Å²) < 4.78 is 5.91. The van der Waals surface area contributed by atoms with E-state index in [1.807, 2.05) is 0 Å². The van der Waals surface area contributed by atoms with Gasteiger partial charge < -0.3 is 4.74 Å². The Morgan fingerprint density at radius 3 is 2.62 bits per heavy atom. The van der Waals surface area contributed by atoms with Gasteiger partial charge in [0, 0.05) is 18.6 Å². The molecule has 1 aromatic rings. The van der Waals surface area contributed by atoms with Crippen LogP contribution in [0.4, 0.5) is 5.69 Å². The maximum absolute atomic E-state index is 12.8. The van der Waals surface area contributed by atoms with Crippen LogP contribution in [-0.4, -0.2) is 17.0 Å². The van der Waals surface area contributed by atoms with E-state index in [0.717, 1.165) is 54.8 Å². The first kappa shape index (κ1) is 28.4. The van der Waals surface area contributed by atoms with Crippen LogP contribution < -0.4 is 0 Å². The second kappa shape index (κ2) is 11.0. The number of carbonyl (C=O) groups excluding carboxylic acids is 1. The standard InChI is InChI=1S/C34H49NO4/c1-22(2)8-6-9-23(3)29-14-15-30-28-13-12-25-21-27(16-18-33(25,4)31(28)17-19-34(29,30)5)39-32(36)24-10-7-11-26(20-24)35(37)38/h7,10-12,20,22-23,27-31H,6,8-9,13-19,21H2,1-5H3/t23-,27-,28-,29+,30-,31-,33-,34+/m0/s1. The monoisotopic (exact) mass is 535 g/mol. The van der Waals surface area contributed by atoms with Gasteiger partial charge in [0.1, 0.15) is 6.10 Å². The van der Waals surface area contributed by atoms with Crippen LogP contribution in [0.3, 0.4) is 0 Å². The van der Waals surface area contributed by atoms with E-state index in [0.29, 0.717) is 5.41 Å². The maximum Gasteiger partial charge on any atom is 0.338 e. The molecule has 39 heavy (non-hydrogen) atoms. The number of allylic oxidation sites excluding steroid dienone is 1. The van der Waals surface area contributed by atoms with E-state index in [4.69, 9.17) is 4.74 Å². The molecule has 0 amide bonds. The number of hydrogen-bond donors (Lipinski definition) is 0. The van der Waals surface area contributed by atoms with Gasteiger partial charge in [-0.3, -0.25) is 10.1 Å². The van der Waals surface area contributed by atoms with Crippen molar-refractivity contribution in [2.24, 2.45) is 46.3 Å². The minimum absolute atomic E-state index is 0.0786. The van der Waals surface area contributed by atoms with Gasteiger partial charge in [0.2, 0.25) is 0 Å². The SMILES string of the molecule is CC(C)CCC[C@H](C)[C@H]1CC[C@H]2[C@@H]3CC=C4C[C@@H](OC(=O)c5cccc([N+](=O)[O-])c5)CC[C@]4(C)[C@H]3CC[C@]12C. The largest absolute Gasteiger partial charge is 0.458 e. The number of nitro benzene ring substituents is 1. The van der Waals surface area contributed by atoms with Crippen LogP contribution in [0.25, 0.3) is 0 Å². The molecule has 0 aliphatic heterocycles. The Bertz CT molecular complexity index is 1110. The van der Waals surface area contributed by atoms with Gasteiger partial charge >= 0.3 is 5.97 Å². The summed E-state index contributed by atoms with van der Waals surface area (Å²) in [4.78, 5) is 23.5. The number of nitrogens with zero attached hydrogens (tertiary/aromatic N) is 1. The molecule has 5 heteroatoms. The zero-order valence-corrected chi connectivity index (χ0v) is 24.8. The molecule has 0 heterocycles. The fraction of sp³-hybridized carbons (Fsp3) is 0.735. The van der Waals surface area contributed by atoms with Crippen LogP contribution in [0.2, 0.25) is 0 Å². The Balaban J connectivity index is 1.25. The summed E-state index contributed by atoms with van der Waals surface area (Å²) in [6.07, 6.45) is 15.9. The third-order valence-corrected chi connectivity index (χ3v) is 11.8. The third-order valence-electron chi connectivity index (χ3n) is 11.8. The van der Waals surface area contributed by atoms with Crippen molar-refractivity contribution in [2.75, 3.05) is 0 Å². The lowest BCUT2D eigenvalue weighted by atomic mass is 9.47. The quantitative estimate of drug-likeness (QED) is 0.144. The molecule has 1 aromatic carbocycles. The molecule has 3 fully saturated rings. The summed E-state index contributed by atoms with van der Waals surface area (Å²) in [6.45, 7) is 12.4. The third kappa shape index (κ3) is 5.32. The molecule has 214 valence electrons. The number of non-ortho nitro benzene ring substituents is 1. The molecule has 0 unspecified atom stereocenters. The lowest BCUT2D eigenvalue weighted by Gasteiger charge is -2.58. The van der Waals surface area contributed by atoms with Crippen molar-refractivity contribution in [1.29, 1.82) is 0 Å². The fourth-order valence-corrected chi connectivity index (χ4v) is 9.72. The molecule has 4 aliphatic carbocycles. The first-order valence-corrected chi connectivity index (χ1v) is 15.7. The van der Waals surface area contributed by atoms with Gasteiger partial charge in [-0.25, -0.2) is 4.79 Å². The fourth-order valence-electron chi connectivity index (χ4n) is 9.72. The Morgan fingerprint density at radius 2 is 1.87 bits per heavy atom. The van der Waals surface area contributed by atoms with Crippen molar-refractivity contribution in [2.45, 2.75) is 111 Å². The molecule has 0 N–H and O–H groups in total. The van der Waals surface area contributed by atoms with E-state index in [1.165, 1.54) is 69.1 Å². The molecule has 4 aliphatic rings. The van der Waals surface area contributed by atoms with Gasteiger partial charge in [-0.05, 0) is 97.3 Å².